The maximum Gasteiger partial charge on any atom is 0.220 e. The molecule has 0 fully saturated rings. The summed E-state index contributed by atoms with van der Waals surface area (Å²) in [5.41, 5.74) is 9.51. The molecule has 0 aromatic heterocycles. The number of hydrogen-bond donors (Lipinski definition) is 2. The van der Waals surface area contributed by atoms with E-state index in [4.69, 9.17) is 5.73 Å². The van der Waals surface area contributed by atoms with Crippen LogP contribution in [0.15, 0.2) is 18.2 Å². The Bertz CT molecular complexity index is 427. The fourth-order valence-corrected chi connectivity index (χ4v) is 2.16. The van der Waals surface area contributed by atoms with Gasteiger partial charge < -0.3 is 11.1 Å². The van der Waals surface area contributed by atoms with Gasteiger partial charge in [0, 0.05) is 18.5 Å². The topological polar surface area (TPSA) is 55.1 Å². The van der Waals surface area contributed by atoms with Crippen LogP contribution >= 0.6 is 0 Å². The minimum Gasteiger partial charge on any atom is -0.353 e. The molecule has 3 nitrogen and oxygen atoms in total. The van der Waals surface area contributed by atoms with E-state index in [1.807, 2.05) is 13.8 Å². The highest BCUT2D eigenvalue weighted by Gasteiger charge is 2.10. The third kappa shape index (κ3) is 5.88. The van der Waals surface area contributed by atoms with Crippen molar-refractivity contribution in [3.8, 4) is 0 Å². The first-order valence-electron chi connectivity index (χ1n) is 6.99. The normalized spacial score (nSPS) is 13.9. The van der Waals surface area contributed by atoms with Crippen LogP contribution in [0.5, 0.6) is 0 Å². The number of aryl methyl sites for hydroxylation is 2. The summed E-state index contributed by atoms with van der Waals surface area (Å²) < 4.78 is 0. The number of nitrogens with two attached hydrogens (primary N) is 1. The van der Waals surface area contributed by atoms with Crippen molar-refractivity contribution in [3.05, 3.63) is 34.9 Å². The molecule has 0 aliphatic heterocycles. The van der Waals surface area contributed by atoms with E-state index in [1.54, 1.807) is 0 Å². The lowest BCUT2D eigenvalue weighted by Gasteiger charge is -2.16. The summed E-state index contributed by atoms with van der Waals surface area (Å²) in [7, 11) is 0. The number of benzene rings is 1. The average Bonchev–Trinajstić information content (AvgIpc) is 2.30. The van der Waals surface area contributed by atoms with Crippen LogP contribution in [0.4, 0.5) is 0 Å². The number of carbonyl (C=O) groups excluding carboxylic acids is 1. The van der Waals surface area contributed by atoms with Crippen LogP contribution < -0.4 is 11.1 Å². The van der Waals surface area contributed by atoms with Gasteiger partial charge in [0.15, 0.2) is 0 Å². The molecule has 0 aliphatic carbocycles. The lowest BCUT2D eigenvalue weighted by Crippen LogP contribution is -2.34. The van der Waals surface area contributed by atoms with Gasteiger partial charge >= 0.3 is 0 Å². The summed E-state index contributed by atoms with van der Waals surface area (Å²) in [4.78, 5) is 11.7. The zero-order valence-electron chi connectivity index (χ0n) is 12.5. The molecule has 0 radical (unpaired) electrons. The number of carbonyl (C=O) groups is 1. The van der Waals surface area contributed by atoms with Gasteiger partial charge in [0.25, 0.3) is 0 Å². The van der Waals surface area contributed by atoms with Gasteiger partial charge in [-0.15, -0.1) is 0 Å². The molecule has 0 saturated heterocycles. The molecule has 106 valence electrons. The highest BCUT2D eigenvalue weighted by atomic mass is 16.1. The molecule has 2 atom stereocenters. The molecule has 0 heterocycles. The van der Waals surface area contributed by atoms with Crippen LogP contribution in [0, 0.1) is 13.8 Å². The van der Waals surface area contributed by atoms with Crippen molar-refractivity contribution in [2.45, 2.75) is 59.0 Å². The van der Waals surface area contributed by atoms with Gasteiger partial charge in [-0.2, -0.15) is 0 Å². The van der Waals surface area contributed by atoms with Crippen LogP contribution in [0.3, 0.4) is 0 Å². The number of amides is 1. The summed E-state index contributed by atoms with van der Waals surface area (Å²) in [5, 5.41) is 3.03. The summed E-state index contributed by atoms with van der Waals surface area (Å²) in [5.74, 6) is 0.0922. The molecule has 1 rings (SSSR count). The number of nitrogens with one attached hydrogen (secondary N) is 1. The van der Waals surface area contributed by atoms with Gasteiger partial charge in [0.2, 0.25) is 5.91 Å². The predicted molar refractivity (Wildman–Crippen MR) is 80.1 cm³/mol. The standard InChI is InChI=1S/C16H26N2O/c1-11-5-7-15(12(2)9-11)10-14(4)18-16(19)8-6-13(3)17/h5,7,9,13-14H,6,8,10,17H2,1-4H3,(H,18,19). The van der Waals surface area contributed by atoms with Gasteiger partial charge in [-0.05, 0) is 51.7 Å². The first kappa shape index (κ1) is 15.7. The third-order valence-corrected chi connectivity index (χ3v) is 3.26. The zero-order chi connectivity index (χ0) is 14.4. The van der Waals surface area contributed by atoms with Crippen molar-refractivity contribution in [3.63, 3.8) is 0 Å². The van der Waals surface area contributed by atoms with Crippen LogP contribution in [-0.4, -0.2) is 18.0 Å². The molecule has 3 N–H and O–H groups in total. The second kappa shape index (κ2) is 7.29. The largest absolute Gasteiger partial charge is 0.353 e. The lowest BCUT2D eigenvalue weighted by molar-refractivity contribution is -0.121. The Kier molecular flexibility index (Phi) is 6.03. The fourth-order valence-electron chi connectivity index (χ4n) is 2.16. The maximum absolute atomic E-state index is 11.7. The molecule has 3 heteroatoms. The zero-order valence-corrected chi connectivity index (χ0v) is 12.5. The van der Waals surface area contributed by atoms with Crippen LogP contribution in [0.25, 0.3) is 0 Å². The van der Waals surface area contributed by atoms with Crippen molar-refractivity contribution in [2.24, 2.45) is 5.73 Å². The van der Waals surface area contributed by atoms with Gasteiger partial charge in [0.1, 0.15) is 0 Å². The molecular weight excluding hydrogens is 236 g/mol. The summed E-state index contributed by atoms with van der Waals surface area (Å²) in [6, 6.07) is 6.68. The number of hydrogen-bond acceptors (Lipinski definition) is 2. The number of rotatable bonds is 6. The van der Waals surface area contributed by atoms with Gasteiger partial charge in [-0.25, -0.2) is 0 Å². The Morgan fingerprint density at radius 2 is 2.00 bits per heavy atom. The minimum absolute atomic E-state index is 0.0837. The van der Waals surface area contributed by atoms with Crippen molar-refractivity contribution < 1.29 is 4.79 Å². The molecule has 19 heavy (non-hydrogen) atoms. The van der Waals surface area contributed by atoms with E-state index in [0.29, 0.717) is 6.42 Å². The quantitative estimate of drug-likeness (QED) is 0.827. The van der Waals surface area contributed by atoms with Crippen molar-refractivity contribution in [2.75, 3.05) is 0 Å². The van der Waals surface area contributed by atoms with E-state index in [0.717, 1.165) is 12.8 Å². The SMILES string of the molecule is Cc1ccc(CC(C)NC(=O)CCC(C)N)c(C)c1. The predicted octanol–water partition coefficient (Wildman–Crippen LogP) is 2.48. The monoisotopic (exact) mass is 262 g/mol. The maximum atomic E-state index is 11.7. The van der Waals surface area contributed by atoms with Crippen molar-refractivity contribution >= 4 is 5.91 Å². The molecule has 1 amide bonds. The smallest absolute Gasteiger partial charge is 0.220 e. The van der Waals surface area contributed by atoms with E-state index >= 15 is 0 Å². The molecule has 0 spiro atoms. The molecule has 1 aromatic carbocycles. The summed E-state index contributed by atoms with van der Waals surface area (Å²) in [6.07, 6.45) is 2.12. The Morgan fingerprint density at radius 3 is 2.58 bits per heavy atom. The van der Waals surface area contributed by atoms with E-state index in [2.05, 4.69) is 37.4 Å². The first-order valence-corrected chi connectivity index (χ1v) is 6.99. The van der Waals surface area contributed by atoms with Gasteiger partial charge in [-0.3, -0.25) is 4.79 Å². The molecule has 2 unspecified atom stereocenters. The second-order valence-corrected chi connectivity index (χ2v) is 5.62. The Labute approximate surface area is 116 Å². The Hall–Kier alpha value is -1.35. The molecular formula is C16H26N2O. The van der Waals surface area contributed by atoms with Crippen LogP contribution in [0.1, 0.15) is 43.4 Å². The lowest BCUT2D eigenvalue weighted by atomic mass is 10.00. The minimum atomic E-state index is 0.0837. The van der Waals surface area contributed by atoms with Crippen molar-refractivity contribution in [1.29, 1.82) is 0 Å². The average molecular weight is 262 g/mol. The molecule has 0 aliphatic rings. The highest BCUT2D eigenvalue weighted by molar-refractivity contribution is 5.76. The van der Waals surface area contributed by atoms with E-state index in [9.17, 15) is 4.79 Å². The first-order chi connectivity index (χ1) is 8.88. The summed E-state index contributed by atoms with van der Waals surface area (Å²) in [6.45, 7) is 8.18. The summed E-state index contributed by atoms with van der Waals surface area (Å²) >= 11 is 0. The van der Waals surface area contributed by atoms with Gasteiger partial charge in [-0.1, -0.05) is 23.8 Å². The van der Waals surface area contributed by atoms with E-state index in [1.165, 1.54) is 16.7 Å². The van der Waals surface area contributed by atoms with E-state index in [-0.39, 0.29) is 18.0 Å². The highest BCUT2D eigenvalue weighted by Crippen LogP contribution is 2.12. The Balaban J connectivity index is 2.46. The van der Waals surface area contributed by atoms with Crippen LogP contribution in [0.2, 0.25) is 0 Å². The van der Waals surface area contributed by atoms with Crippen molar-refractivity contribution in [1.82, 2.24) is 5.32 Å². The van der Waals surface area contributed by atoms with Gasteiger partial charge in [0.05, 0.1) is 0 Å². The molecule has 1 aromatic rings. The van der Waals surface area contributed by atoms with E-state index < -0.39 is 0 Å². The van der Waals surface area contributed by atoms with Crippen LogP contribution in [-0.2, 0) is 11.2 Å². The Morgan fingerprint density at radius 1 is 1.32 bits per heavy atom. The molecule has 0 bridgehead atoms. The third-order valence-electron chi connectivity index (χ3n) is 3.26. The molecule has 0 saturated carbocycles. The second-order valence-electron chi connectivity index (χ2n) is 5.62. The fraction of sp³-hybridized carbons (Fsp3) is 0.562.